The molecule has 0 unspecified atom stereocenters. The van der Waals surface area contributed by atoms with Gasteiger partial charge in [0.2, 0.25) is 0 Å². The van der Waals surface area contributed by atoms with E-state index in [0.717, 1.165) is 19.4 Å². The fourth-order valence-electron chi connectivity index (χ4n) is 1.14. The second-order valence-electron chi connectivity index (χ2n) is 3.07. The first-order chi connectivity index (χ1) is 6.33. The Morgan fingerprint density at radius 1 is 1.29 bits per heavy atom. The van der Waals surface area contributed by atoms with Gasteiger partial charge in [-0.3, -0.25) is 5.41 Å². The highest BCUT2D eigenvalue weighted by atomic mass is 35.5. The first kappa shape index (κ1) is 13.0. The van der Waals surface area contributed by atoms with Crippen molar-refractivity contribution in [2.24, 2.45) is 0 Å². The largest absolute Gasteiger partial charge is 0.370 e. The van der Waals surface area contributed by atoms with E-state index >= 15 is 0 Å². The summed E-state index contributed by atoms with van der Waals surface area (Å²) in [5.74, 6) is 0.631. The maximum Gasteiger partial charge on any atom is 0.0934 e. The molecule has 2 nitrogen and oxygen atoms in total. The van der Waals surface area contributed by atoms with Crippen molar-refractivity contribution in [3.63, 3.8) is 0 Å². The molecule has 0 aromatic heterocycles. The number of rotatable bonds is 4. The van der Waals surface area contributed by atoms with Crippen LogP contribution in [-0.2, 0) is 6.54 Å². The molecular weight excluding hydrogens is 196 g/mol. The Kier molecular flexibility index (Phi) is 6.85. The Hall–Kier alpha value is -1.02. The third-order valence-corrected chi connectivity index (χ3v) is 1.85. The van der Waals surface area contributed by atoms with Crippen LogP contribution < -0.4 is 5.32 Å². The minimum atomic E-state index is 0. The SMILES string of the molecule is CCCC(=N)NCc1ccccc1.Cl. The molecule has 3 heteroatoms. The zero-order valence-corrected chi connectivity index (χ0v) is 9.23. The molecule has 1 aromatic rings. The van der Waals surface area contributed by atoms with Gasteiger partial charge in [0.05, 0.1) is 5.84 Å². The zero-order chi connectivity index (χ0) is 9.52. The minimum absolute atomic E-state index is 0. The monoisotopic (exact) mass is 212 g/mol. The lowest BCUT2D eigenvalue weighted by molar-refractivity contribution is 0.849. The number of hydrogen-bond acceptors (Lipinski definition) is 1. The van der Waals surface area contributed by atoms with E-state index in [0.29, 0.717) is 5.84 Å². The van der Waals surface area contributed by atoms with Gasteiger partial charge in [-0.25, -0.2) is 0 Å². The molecule has 0 saturated carbocycles. The number of amidine groups is 1. The summed E-state index contributed by atoms with van der Waals surface area (Å²) in [6.07, 6.45) is 1.87. The summed E-state index contributed by atoms with van der Waals surface area (Å²) in [5, 5.41) is 10.6. The summed E-state index contributed by atoms with van der Waals surface area (Å²) >= 11 is 0. The van der Waals surface area contributed by atoms with Crippen LogP contribution in [0.2, 0.25) is 0 Å². The number of benzene rings is 1. The van der Waals surface area contributed by atoms with E-state index in [1.165, 1.54) is 5.56 Å². The van der Waals surface area contributed by atoms with Crippen LogP contribution in [0.15, 0.2) is 30.3 Å². The fraction of sp³-hybridized carbons (Fsp3) is 0.364. The van der Waals surface area contributed by atoms with Gasteiger partial charge in [-0.2, -0.15) is 0 Å². The second kappa shape index (κ2) is 7.39. The van der Waals surface area contributed by atoms with Gasteiger partial charge in [0.25, 0.3) is 0 Å². The van der Waals surface area contributed by atoms with E-state index in [1.54, 1.807) is 0 Å². The molecule has 14 heavy (non-hydrogen) atoms. The highest BCUT2D eigenvalue weighted by Gasteiger charge is 1.94. The average Bonchev–Trinajstić information content (AvgIpc) is 2.17. The van der Waals surface area contributed by atoms with Crippen molar-refractivity contribution in [2.45, 2.75) is 26.3 Å². The first-order valence-corrected chi connectivity index (χ1v) is 4.68. The van der Waals surface area contributed by atoms with Gasteiger partial charge >= 0.3 is 0 Å². The molecule has 0 aliphatic carbocycles. The van der Waals surface area contributed by atoms with Gasteiger partial charge in [-0.15, -0.1) is 12.4 Å². The molecular formula is C11H17ClN2. The molecule has 0 heterocycles. The maximum absolute atomic E-state index is 7.53. The van der Waals surface area contributed by atoms with E-state index in [2.05, 4.69) is 24.4 Å². The van der Waals surface area contributed by atoms with Gasteiger partial charge in [0.15, 0.2) is 0 Å². The van der Waals surface area contributed by atoms with E-state index in [-0.39, 0.29) is 12.4 Å². The molecule has 0 aliphatic rings. The Morgan fingerprint density at radius 2 is 1.93 bits per heavy atom. The normalized spacial score (nSPS) is 8.93. The number of halogens is 1. The predicted octanol–water partition coefficient (Wildman–Crippen LogP) is 2.98. The van der Waals surface area contributed by atoms with Crippen LogP contribution in [0.5, 0.6) is 0 Å². The first-order valence-electron chi connectivity index (χ1n) is 4.68. The molecule has 0 saturated heterocycles. The summed E-state index contributed by atoms with van der Waals surface area (Å²) in [6, 6.07) is 10.2. The van der Waals surface area contributed by atoms with Crippen molar-refractivity contribution in [3.05, 3.63) is 35.9 Å². The minimum Gasteiger partial charge on any atom is -0.370 e. The summed E-state index contributed by atoms with van der Waals surface area (Å²) < 4.78 is 0. The topological polar surface area (TPSA) is 35.9 Å². The van der Waals surface area contributed by atoms with E-state index in [1.807, 2.05) is 18.2 Å². The lowest BCUT2D eigenvalue weighted by Gasteiger charge is -2.06. The molecule has 1 aromatic carbocycles. The molecule has 1 rings (SSSR count). The summed E-state index contributed by atoms with van der Waals surface area (Å²) in [4.78, 5) is 0. The third kappa shape index (κ3) is 4.87. The van der Waals surface area contributed by atoms with Crippen molar-refractivity contribution in [1.82, 2.24) is 5.32 Å². The molecule has 0 atom stereocenters. The van der Waals surface area contributed by atoms with Crippen LogP contribution in [0.3, 0.4) is 0 Å². The number of nitrogens with one attached hydrogen (secondary N) is 2. The lowest BCUT2D eigenvalue weighted by atomic mass is 10.2. The van der Waals surface area contributed by atoms with E-state index < -0.39 is 0 Å². The van der Waals surface area contributed by atoms with Gasteiger partial charge < -0.3 is 5.32 Å². The molecule has 0 radical (unpaired) electrons. The Bertz CT molecular complexity index is 259. The molecule has 2 N–H and O–H groups in total. The Labute approximate surface area is 91.6 Å². The highest BCUT2D eigenvalue weighted by Crippen LogP contribution is 1.97. The van der Waals surface area contributed by atoms with Crippen LogP contribution in [0.4, 0.5) is 0 Å². The quantitative estimate of drug-likeness (QED) is 0.584. The molecule has 0 amide bonds. The Balaban J connectivity index is 0.00000169. The second-order valence-corrected chi connectivity index (χ2v) is 3.07. The van der Waals surface area contributed by atoms with E-state index in [4.69, 9.17) is 5.41 Å². The van der Waals surface area contributed by atoms with Crippen LogP contribution in [0.25, 0.3) is 0 Å². The van der Waals surface area contributed by atoms with Gasteiger partial charge in [0, 0.05) is 13.0 Å². The van der Waals surface area contributed by atoms with Gasteiger partial charge in [-0.05, 0) is 12.0 Å². The van der Waals surface area contributed by atoms with Gasteiger partial charge in [-0.1, -0.05) is 37.3 Å². The lowest BCUT2D eigenvalue weighted by Crippen LogP contribution is -2.21. The summed E-state index contributed by atoms with van der Waals surface area (Å²) in [7, 11) is 0. The van der Waals surface area contributed by atoms with Crippen molar-refractivity contribution >= 4 is 18.2 Å². The number of hydrogen-bond donors (Lipinski definition) is 2. The van der Waals surface area contributed by atoms with E-state index in [9.17, 15) is 0 Å². The third-order valence-electron chi connectivity index (χ3n) is 1.85. The predicted molar refractivity (Wildman–Crippen MR) is 63.2 cm³/mol. The fourth-order valence-corrected chi connectivity index (χ4v) is 1.14. The van der Waals surface area contributed by atoms with Crippen LogP contribution in [0.1, 0.15) is 25.3 Å². The summed E-state index contributed by atoms with van der Waals surface area (Å²) in [6.45, 7) is 2.85. The smallest absolute Gasteiger partial charge is 0.0934 e. The van der Waals surface area contributed by atoms with Crippen LogP contribution >= 0.6 is 12.4 Å². The van der Waals surface area contributed by atoms with Gasteiger partial charge in [0.1, 0.15) is 0 Å². The zero-order valence-electron chi connectivity index (χ0n) is 8.42. The van der Waals surface area contributed by atoms with Crippen LogP contribution in [-0.4, -0.2) is 5.84 Å². The van der Waals surface area contributed by atoms with Crippen molar-refractivity contribution in [2.75, 3.05) is 0 Å². The maximum atomic E-state index is 7.53. The standard InChI is InChI=1S/C11H16N2.ClH/c1-2-6-11(12)13-9-10-7-4-3-5-8-10;/h3-5,7-8H,2,6,9H2,1H3,(H2,12,13);1H. The Morgan fingerprint density at radius 3 is 2.50 bits per heavy atom. The molecule has 0 fully saturated rings. The highest BCUT2D eigenvalue weighted by molar-refractivity contribution is 5.85. The van der Waals surface area contributed by atoms with Crippen molar-refractivity contribution in [3.8, 4) is 0 Å². The van der Waals surface area contributed by atoms with Crippen molar-refractivity contribution < 1.29 is 0 Å². The van der Waals surface area contributed by atoms with Crippen LogP contribution in [0, 0.1) is 5.41 Å². The molecule has 0 spiro atoms. The average molecular weight is 213 g/mol. The molecule has 78 valence electrons. The van der Waals surface area contributed by atoms with Crippen molar-refractivity contribution in [1.29, 1.82) is 5.41 Å². The summed E-state index contributed by atoms with van der Waals surface area (Å²) in [5.41, 5.74) is 1.23. The molecule has 0 bridgehead atoms. The molecule has 0 aliphatic heterocycles.